The molecule has 0 radical (unpaired) electrons. The zero-order valence-corrected chi connectivity index (χ0v) is 14.2. The first-order valence-electron chi connectivity index (χ1n) is 8.72. The Morgan fingerprint density at radius 1 is 1.04 bits per heavy atom. The first-order chi connectivity index (χ1) is 11.0. The van der Waals surface area contributed by atoms with Crippen LogP contribution < -0.4 is 5.32 Å². The molecule has 4 nitrogen and oxygen atoms in total. The third-order valence-corrected chi connectivity index (χ3v) is 5.34. The number of anilines is 1. The van der Waals surface area contributed by atoms with Crippen LogP contribution in [-0.4, -0.2) is 29.8 Å². The summed E-state index contributed by atoms with van der Waals surface area (Å²) in [5, 5.41) is 3.00. The van der Waals surface area contributed by atoms with Gasteiger partial charge in [-0.3, -0.25) is 9.59 Å². The zero-order valence-electron chi connectivity index (χ0n) is 14.2. The van der Waals surface area contributed by atoms with Gasteiger partial charge in [0.05, 0.1) is 0 Å². The Bertz CT molecular complexity index is 612. The van der Waals surface area contributed by atoms with Gasteiger partial charge in [-0.25, -0.2) is 0 Å². The van der Waals surface area contributed by atoms with E-state index >= 15 is 0 Å². The van der Waals surface area contributed by atoms with Crippen LogP contribution in [0.15, 0.2) is 18.2 Å². The van der Waals surface area contributed by atoms with Gasteiger partial charge >= 0.3 is 0 Å². The minimum Gasteiger partial charge on any atom is -0.342 e. The summed E-state index contributed by atoms with van der Waals surface area (Å²) in [4.78, 5) is 27.6. The maximum Gasteiger partial charge on any atom is 0.240 e. The molecular formula is C19H26N2O2. The zero-order chi connectivity index (χ0) is 16.4. The highest BCUT2D eigenvalue weighted by atomic mass is 16.2. The maximum atomic E-state index is 12.9. The van der Waals surface area contributed by atoms with Crippen LogP contribution in [0.5, 0.6) is 0 Å². The van der Waals surface area contributed by atoms with E-state index in [9.17, 15) is 9.59 Å². The molecule has 124 valence electrons. The number of likely N-dealkylation sites (tertiary alicyclic amines) is 1. The number of benzene rings is 1. The molecule has 0 bridgehead atoms. The molecule has 0 spiro atoms. The Morgan fingerprint density at radius 3 is 2.30 bits per heavy atom. The Balaban J connectivity index is 1.73. The first-order valence-corrected chi connectivity index (χ1v) is 8.72. The van der Waals surface area contributed by atoms with Crippen LogP contribution in [-0.2, 0) is 9.59 Å². The van der Waals surface area contributed by atoms with Crippen molar-refractivity contribution in [2.75, 3.05) is 18.4 Å². The lowest BCUT2D eigenvalue weighted by Gasteiger charge is -2.25. The van der Waals surface area contributed by atoms with Gasteiger partial charge in [0.2, 0.25) is 11.8 Å². The second-order valence-electron chi connectivity index (χ2n) is 6.99. The summed E-state index contributed by atoms with van der Waals surface area (Å²) < 4.78 is 0. The molecule has 1 heterocycles. The number of nitrogens with one attached hydrogen (secondary N) is 1. The average Bonchev–Trinajstić information content (AvgIpc) is 3.35. The molecule has 1 aliphatic carbocycles. The van der Waals surface area contributed by atoms with E-state index < -0.39 is 5.41 Å². The maximum absolute atomic E-state index is 12.9. The number of carbonyl (C=O) groups excluding carboxylic acids is 2. The van der Waals surface area contributed by atoms with Crippen molar-refractivity contribution in [3.8, 4) is 0 Å². The number of aryl methyl sites for hydroxylation is 1. The highest BCUT2D eigenvalue weighted by Gasteiger charge is 2.58. The summed E-state index contributed by atoms with van der Waals surface area (Å²) in [6.07, 6.45) is 5.84. The second-order valence-corrected chi connectivity index (χ2v) is 6.99. The number of carbonyl (C=O) groups is 2. The Labute approximate surface area is 138 Å². The van der Waals surface area contributed by atoms with E-state index in [2.05, 4.69) is 5.32 Å². The fraction of sp³-hybridized carbons (Fsp3) is 0.579. The van der Waals surface area contributed by atoms with Crippen molar-refractivity contribution >= 4 is 17.5 Å². The smallest absolute Gasteiger partial charge is 0.240 e. The Hall–Kier alpha value is -1.84. The summed E-state index contributed by atoms with van der Waals surface area (Å²) in [7, 11) is 0. The van der Waals surface area contributed by atoms with Gasteiger partial charge in [-0.2, -0.15) is 0 Å². The van der Waals surface area contributed by atoms with Gasteiger partial charge < -0.3 is 10.2 Å². The topological polar surface area (TPSA) is 49.4 Å². The summed E-state index contributed by atoms with van der Waals surface area (Å²) in [6, 6.07) is 5.88. The van der Waals surface area contributed by atoms with E-state index in [1.54, 1.807) is 0 Å². The van der Waals surface area contributed by atoms with Crippen molar-refractivity contribution in [2.45, 2.75) is 52.4 Å². The normalized spacial score (nSPS) is 19.8. The third-order valence-electron chi connectivity index (χ3n) is 5.34. The van der Waals surface area contributed by atoms with Crippen molar-refractivity contribution in [1.82, 2.24) is 4.90 Å². The van der Waals surface area contributed by atoms with Crippen molar-refractivity contribution in [3.05, 3.63) is 29.3 Å². The largest absolute Gasteiger partial charge is 0.342 e. The number of nitrogens with zero attached hydrogens (tertiary/aromatic N) is 1. The minimum absolute atomic E-state index is 0.0437. The van der Waals surface area contributed by atoms with Crippen LogP contribution in [0, 0.1) is 19.3 Å². The number of hydrogen-bond donors (Lipinski definition) is 1. The van der Waals surface area contributed by atoms with Gasteiger partial charge in [0, 0.05) is 18.8 Å². The van der Waals surface area contributed by atoms with Crippen molar-refractivity contribution < 1.29 is 9.59 Å². The number of hydrogen-bond acceptors (Lipinski definition) is 2. The standard InChI is InChI=1S/C19H26N2O2/c1-14-8-7-9-16(15(14)2)20-17(22)19(10-11-19)18(23)21-12-5-3-4-6-13-21/h7-9H,3-6,10-13H2,1-2H3,(H,20,22). The first kappa shape index (κ1) is 16.0. The average molecular weight is 314 g/mol. The molecule has 2 fully saturated rings. The van der Waals surface area contributed by atoms with Gasteiger partial charge in [-0.1, -0.05) is 25.0 Å². The van der Waals surface area contributed by atoms with Gasteiger partial charge in [0.25, 0.3) is 0 Å². The monoisotopic (exact) mass is 314 g/mol. The molecule has 23 heavy (non-hydrogen) atoms. The molecule has 0 atom stereocenters. The molecular weight excluding hydrogens is 288 g/mol. The minimum atomic E-state index is -0.805. The van der Waals surface area contributed by atoms with Gasteiger partial charge in [0.15, 0.2) is 0 Å². The molecule has 2 amide bonds. The van der Waals surface area contributed by atoms with Gasteiger partial charge in [-0.15, -0.1) is 0 Å². The molecule has 1 aromatic rings. The SMILES string of the molecule is Cc1cccc(NC(=O)C2(C(=O)N3CCCCCC3)CC2)c1C. The number of rotatable bonds is 3. The summed E-state index contributed by atoms with van der Waals surface area (Å²) in [5.74, 6) is -0.0809. The summed E-state index contributed by atoms with van der Waals surface area (Å²) in [6.45, 7) is 5.63. The number of amides is 2. The molecule has 2 aliphatic rings. The van der Waals surface area contributed by atoms with Crippen molar-refractivity contribution in [2.24, 2.45) is 5.41 Å². The summed E-state index contributed by atoms with van der Waals surface area (Å²) >= 11 is 0. The van der Waals surface area contributed by atoms with Crippen molar-refractivity contribution in [3.63, 3.8) is 0 Å². The van der Waals surface area contributed by atoms with E-state index in [-0.39, 0.29) is 11.8 Å². The fourth-order valence-corrected chi connectivity index (χ4v) is 3.37. The molecule has 1 aliphatic heterocycles. The predicted octanol–water partition coefficient (Wildman–Crippen LogP) is 3.42. The van der Waals surface area contributed by atoms with Crippen LogP contribution in [0.2, 0.25) is 0 Å². The highest BCUT2D eigenvalue weighted by molar-refractivity contribution is 6.13. The van der Waals surface area contributed by atoms with Gasteiger partial charge in [0.1, 0.15) is 5.41 Å². The second kappa shape index (κ2) is 6.34. The van der Waals surface area contributed by atoms with E-state index in [1.165, 1.54) is 12.8 Å². The van der Waals surface area contributed by atoms with Crippen molar-refractivity contribution in [1.29, 1.82) is 0 Å². The van der Waals surface area contributed by atoms with Gasteiger partial charge in [-0.05, 0) is 56.7 Å². The summed E-state index contributed by atoms with van der Waals surface area (Å²) in [5.41, 5.74) is 2.23. The van der Waals surface area contributed by atoms with Crippen LogP contribution in [0.25, 0.3) is 0 Å². The molecule has 3 rings (SSSR count). The molecule has 1 N–H and O–H groups in total. The molecule has 1 saturated carbocycles. The fourth-order valence-electron chi connectivity index (χ4n) is 3.37. The molecule has 0 aromatic heterocycles. The Kier molecular flexibility index (Phi) is 4.42. The van der Waals surface area contributed by atoms with E-state index in [4.69, 9.17) is 0 Å². The molecule has 0 unspecified atom stereocenters. The van der Waals surface area contributed by atoms with Crippen LogP contribution >= 0.6 is 0 Å². The van der Waals surface area contributed by atoms with Crippen LogP contribution in [0.3, 0.4) is 0 Å². The lowest BCUT2D eigenvalue weighted by molar-refractivity contribution is -0.142. The lowest BCUT2D eigenvalue weighted by Crippen LogP contribution is -2.43. The molecule has 1 saturated heterocycles. The van der Waals surface area contributed by atoms with E-state index in [1.807, 2.05) is 36.9 Å². The third kappa shape index (κ3) is 3.12. The lowest BCUT2D eigenvalue weighted by atomic mass is 10.0. The predicted molar refractivity (Wildman–Crippen MR) is 91.3 cm³/mol. The molecule has 4 heteroatoms. The van der Waals surface area contributed by atoms with Crippen LogP contribution in [0.4, 0.5) is 5.69 Å². The van der Waals surface area contributed by atoms with E-state index in [0.29, 0.717) is 12.8 Å². The quantitative estimate of drug-likeness (QED) is 0.869. The molecule has 1 aromatic carbocycles. The highest BCUT2D eigenvalue weighted by Crippen LogP contribution is 2.48. The van der Waals surface area contributed by atoms with Crippen LogP contribution in [0.1, 0.15) is 49.7 Å². The van der Waals surface area contributed by atoms with E-state index in [0.717, 1.165) is 42.7 Å². The Morgan fingerprint density at radius 2 is 1.70 bits per heavy atom.